The van der Waals surface area contributed by atoms with E-state index in [1.165, 1.54) is 24.8 Å². The minimum Gasteiger partial charge on any atom is -0.450 e. The molecule has 0 saturated heterocycles. The van der Waals surface area contributed by atoms with Gasteiger partial charge in [0.1, 0.15) is 0 Å². The summed E-state index contributed by atoms with van der Waals surface area (Å²) in [5.74, 6) is -2.20. The minimum absolute atomic E-state index is 0.133. The molecule has 168 valence electrons. The third kappa shape index (κ3) is 5.34. The summed E-state index contributed by atoms with van der Waals surface area (Å²) in [7, 11) is 0. The molecular formula is C27H33F3O. The van der Waals surface area contributed by atoms with Crippen LogP contribution in [0.3, 0.4) is 0 Å². The maximum Gasteiger partial charge on any atom is 0.201 e. The number of ether oxygens (including phenoxy) is 1. The van der Waals surface area contributed by atoms with Gasteiger partial charge in [-0.05, 0) is 67.2 Å². The Morgan fingerprint density at radius 2 is 1.94 bits per heavy atom. The van der Waals surface area contributed by atoms with Crippen molar-refractivity contribution in [1.29, 1.82) is 0 Å². The Balaban J connectivity index is 1.77. The molecule has 0 N–H and O–H groups in total. The van der Waals surface area contributed by atoms with Crippen LogP contribution in [0.15, 0.2) is 53.6 Å². The lowest BCUT2D eigenvalue weighted by Crippen LogP contribution is -2.15. The molecule has 31 heavy (non-hydrogen) atoms. The van der Waals surface area contributed by atoms with Crippen molar-refractivity contribution in [1.82, 2.24) is 0 Å². The van der Waals surface area contributed by atoms with E-state index in [0.29, 0.717) is 29.5 Å². The van der Waals surface area contributed by atoms with Gasteiger partial charge in [0.25, 0.3) is 0 Å². The second kappa shape index (κ2) is 10.4. The Bertz CT molecular complexity index is 923. The largest absolute Gasteiger partial charge is 0.450 e. The number of rotatable bonds is 8. The first-order valence-corrected chi connectivity index (χ1v) is 11.5. The summed E-state index contributed by atoms with van der Waals surface area (Å²) in [4.78, 5) is 0. The molecule has 0 fully saturated rings. The van der Waals surface area contributed by atoms with Gasteiger partial charge < -0.3 is 4.74 Å². The van der Waals surface area contributed by atoms with Crippen LogP contribution in [0, 0.1) is 17.6 Å². The zero-order chi connectivity index (χ0) is 22.5. The van der Waals surface area contributed by atoms with Crippen molar-refractivity contribution in [3.8, 4) is 5.75 Å². The van der Waals surface area contributed by atoms with Crippen molar-refractivity contribution in [2.45, 2.75) is 78.1 Å². The molecule has 1 aromatic carbocycles. The van der Waals surface area contributed by atoms with E-state index in [-0.39, 0.29) is 23.5 Å². The monoisotopic (exact) mass is 430 g/mol. The topological polar surface area (TPSA) is 9.23 Å². The van der Waals surface area contributed by atoms with Gasteiger partial charge in [0, 0.05) is 12.0 Å². The molecule has 1 heterocycles. The molecule has 0 spiro atoms. The van der Waals surface area contributed by atoms with Gasteiger partial charge in [0.15, 0.2) is 23.2 Å². The van der Waals surface area contributed by atoms with Crippen LogP contribution in [-0.4, -0.2) is 0 Å². The van der Waals surface area contributed by atoms with E-state index < -0.39 is 17.5 Å². The SMILES string of the molecule is C=C(CCC)/C(F)=C1/Oc2c(cc(CCC3=CCC(CCC)CC3)c(F)c2F)CC1=C. The van der Waals surface area contributed by atoms with Gasteiger partial charge in [-0.25, -0.2) is 8.78 Å². The molecule has 1 atom stereocenters. The molecule has 0 radical (unpaired) electrons. The Hall–Kier alpha value is -2.23. The highest BCUT2D eigenvalue weighted by molar-refractivity contribution is 5.51. The lowest BCUT2D eigenvalue weighted by molar-refractivity contribution is 0.353. The fraction of sp³-hybridized carbons (Fsp3) is 0.481. The summed E-state index contributed by atoms with van der Waals surface area (Å²) in [6, 6.07) is 1.65. The predicted molar refractivity (Wildman–Crippen MR) is 121 cm³/mol. The highest BCUT2D eigenvalue weighted by Crippen LogP contribution is 2.40. The molecule has 3 rings (SSSR count). The summed E-state index contributed by atoms with van der Waals surface area (Å²) >= 11 is 0. The van der Waals surface area contributed by atoms with Crippen LogP contribution in [0.4, 0.5) is 13.2 Å². The first-order valence-electron chi connectivity index (χ1n) is 11.5. The molecule has 1 unspecified atom stereocenters. The van der Waals surface area contributed by atoms with Crippen molar-refractivity contribution >= 4 is 0 Å². The zero-order valence-corrected chi connectivity index (χ0v) is 18.8. The van der Waals surface area contributed by atoms with Crippen molar-refractivity contribution in [3.05, 3.63) is 76.4 Å². The number of hydrogen-bond acceptors (Lipinski definition) is 1. The number of aryl methyl sites for hydroxylation is 1. The van der Waals surface area contributed by atoms with Gasteiger partial charge >= 0.3 is 0 Å². The van der Waals surface area contributed by atoms with Gasteiger partial charge in [0.2, 0.25) is 5.82 Å². The fourth-order valence-corrected chi connectivity index (χ4v) is 4.54. The predicted octanol–water partition coefficient (Wildman–Crippen LogP) is 8.45. The van der Waals surface area contributed by atoms with Crippen LogP contribution < -0.4 is 4.74 Å². The van der Waals surface area contributed by atoms with Gasteiger partial charge in [-0.1, -0.05) is 57.9 Å². The van der Waals surface area contributed by atoms with Crippen molar-refractivity contribution in [3.63, 3.8) is 0 Å². The number of benzene rings is 1. The Morgan fingerprint density at radius 1 is 1.16 bits per heavy atom. The highest BCUT2D eigenvalue weighted by atomic mass is 19.2. The lowest BCUT2D eigenvalue weighted by atomic mass is 9.85. The molecule has 0 bridgehead atoms. The van der Waals surface area contributed by atoms with Crippen LogP contribution in [0.2, 0.25) is 0 Å². The van der Waals surface area contributed by atoms with Gasteiger partial charge in [-0.2, -0.15) is 4.39 Å². The summed E-state index contributed by atoms with van der Waals surface area (Å²) in [6.45, 7) is 11.7. The van der Waals surface area contributed by atoms with E-state index in [4.69, 9.17) is 4.74 Å². The Labute approximate surface area is 184 Å². The molecule has 0 aromatic heterocycles. The normalized spacial score (nSPS) is 20.1. The molecular weight excluding hydrogens is 397 g/mol. The van der Waals surface area contributed by atoms with E-state index in [1.54, 1.807) is 6.07 Å². The smallest absolute Gasteiger partial charge is 0.201 e. The van der Waals surface area contributed by atoms with Crippen LogP contribution in [0.5, 0.6) is 5.75 Å². The van der Waals surface area contributed by atoms with Crippen LogP contribution in [0.25, 0.3) is 0 Å². The standard InChI is InChI=1S/C27H33F3O/c1-5-7-17(3)23(28)26-18(4)15-22-16-21(24(29)25(30)27(22)31-26)14-13-20-11-9-19(8-6-2)10-12-20/h11,16,19H,3-10,12-15H2,1-2H3/b26-23-. The molecule has 0 amide bonds. The molecule has 1 aliphatic heterocycles. The average Bonchev–Trinajstić information content (AvgIpc) is 2.76. The average molecular weight is 431 g/mol. The number of allylic oxidation sites excluding steroid dienone is 5. The van der Waals surface area contributed by atoms with E-state index in [2.05, 4.69) is 26.2 Å². The first kappa shape index (κ1) is 23.4. The van der Waals surface area contributed by atoms with E-state index in [0.717, 1.165) is 31.6 Å². The van der Waals surface area contributed by atoms with E-state index >= 15 is 0 Å². The van der Waals surface area contributed by atoms with Gasteiger partial charge in [-0.3, -0.25) is 0 Å². The third-order valence-electron chi connectivity index (χ3n) is 6.33. The van der Waals surface area contributed by atoms with Gasteiger partial charge in [-0.15, -0.1) is 0 Å². The molecule has 1 nitrogen and oxygen atoms in total. The van der Waals surface area contributed by atoms with Crippen molar-refractivity contribution < 1.29 is 17.9 Å². The molecule has 0 saturated carbocycles. The maximum atomic E-state index is 14.8. The third-order valence-corrected chi connectivity index (χ3v) is 6.33. The zero-order valence-electron chi connectivity index (χ0n) is 18.8. The number of fused-ring (bicyclic) bond motifs is 1. The van der Waals surface area contributed by atoms with Crippen LogP contribution >= 0.6 is 0 Å². The lowest BCUT2D eigenvalue weighted by Gasteiger charge is -2.25. The second-order valence-corrected chi connectivity index (χ2v) is 8.82. The Kier molecular flexibility index (Phi) is 7.85. The Morgan fingerprint density at radius 3 is 2.58 bits per heavy atom. The summed E-state index contributed by atoms with van der Waals surface area (Å²) < 4.78 is 49.8. The fourth-order valence-electron chi connectivity index (χ4n) is 4.54. The summed E-state index contributed by atoms with van der Waals surface area (Å²) in [6.07, 6.45) is 10.6. The number of hydrogen-bond donors (Lipinski definition) is 0. The molecule has 4 heteroatoms. The number of halogens is 3. The summed E-state index contributed by atoms with van der Waals surface area (Å²) in [5.41, 5.74) is 2.87. The second-order valence-electron chi connectivity index (χ2n) is 8.82. The van der Waals surface area contributed by atoms with Crippen molar-refractivity contribution in [2.24, 2.45) is 5.92 Å². The van der Waals surface area contributed by atoms with Crippen LogP contribution in [-0.2, 0) is 12.8 Å². The maximum absolute atomic E-state index is 14.8. The molecule has 2 aliphatic rings. The highest BCUT2D eigenvalue weighted by Gasteiger charge is 2.29. The van der Waals surface area contributed by atoms with E-state index in [9.17, 15) is 13.2 Å². The summed E-state index contributed by atoms with van der Waals surface area (Å²) in [5, 5.41) is 0. The quantitative estimate of drug-likeness (QED) is 0.376. The van der Waals surface area contributed by atoms with Gasteiger partial charge in [0.05, 0.1) is 0 Å². The van der Waals surface area contributed by atoms with E-state index in [1.807, 2.05) is 6.92 Å². The first-order chi connectivity index (χ1) is 14.8. The van der Waals surface area contributed by atoms with Crippen molar-refractivity contribution in [2.75, 3.05) is 0 Å². The molecule has 1 aliphatic carbocycles. The minimum atomic E-state index is -1.05. The molecule has 1 aromatic rings. The van der Waals surface area contributed by atoms with Crippen LogP contribution in [0.1, 0.15) is 76.3 Å².